The van der Waals surface area contributed by atoms with E-state index in [0.717, 1.165) is 16.7 Å². The van der Waals surface area contributed by atoms with Gasteiger partial charge in [0, 0.05) is 13.3 Å². The summed E-state index contributed by atoms with van der Waals surface area (Å²) in [6.45, 7) is 4.70. The molecule has 0 radical (unpaired) electrons. The second kappa shape index (κ2) is 4.35. The molecule has 0 saturated heterocycles. The number of nitrogens with one attached hydrogen (secondary N) is 1. The summed E-state index contributed by atoms with van der Waals surface area (Å²) in [5.74, 6) is 0. The Labute approximate surface area is 99.3 Å². The van der Waals surface area contributed by atoms with E-state index in [1.54, 1.807) is 7.11 Å². The summed E-state index contributed by atoms with van der Waals surface area (Å²) in [6.07, 6.45) is 1.85. The minimum Gasteiger partial charge on any atom is -0.383 e. The van der Waals surface area contributed by atoms with Crippen LogP contribution in [-0.2, 0) is 4.74 Å². The second-order valence-electron chi connectivity index (χ2n) is 3.99. The van der Waals surface area contributed by atoms with Gasteiger partial charge in [-0.1, -0.05) is 0 Å². The maximum atomic E-state index is 5.30. The van der Waals surface area contributed by atoms with E-state index in [2.05, 4.69) is 16.9 Å². The lowest BCUT2D eigenvalue weighted by molar-refractivity contribution is 0.163. The van der Waals surface area contributed by atoms with E-state index in [9.17, 15) is 0 Å². The van der Waals surface area contributed by atoms with Crippen molar-refractivity contribution in [2.75, 3.05) is 13.7 Å². The Morgan fingerprint density at radius 3 is 3.06 bits per heavy atom. The molecule has 2 rings (SSSR count). The van der Waals surface area contributed by atoms with Crippen LogP contribution in [0.2, 0.25) is 0 Å². The average molecular weight is 237 g/mol. The number of imidazole rings is 1. The highest BCUT2D eigenvalue weighted by Gasteiger charge is 2.11. The van der Waals surface area contributed by atoms with Crippen LogP contribution < -0.4 is 0 Å². The SMILES string of the molecule is COCC(C)n1c(=S)[nH]c2cc(C)cnc21. The fourth-order valence-electron chi connectivity index (χ4n) is 1.84. The molecule has 0 aromatic carbocycles. The summed E-state index contributed by atoms with van der Waals surface area (Å²) in [4.78, 5) is 7.58. The molecular formula is C11H15N3OS. The van der Waals surface area contributed by atoms with Crippen molar-refractivity contribution in [1.82, 2.24) is 14.5 Å². The van der Waals surface area contributed by atoms with Crippen molar-refractivity contribution in [3.8, 4) is 0 Å². The van der Waals surface area contributed by atoms with Crippen molar-refractivity contribution in [2.24, 2.45) is 0 Å². The highest BCUT2D eigenvalue weighted by molar-refractivity contribution is 7.71. The van der Waals surface area contributed by atoms with E-state index >= 15 is 0 Å². The summed E-state index contributed by atoms with van der Waals surface area (Å²) in [7, 11) is 1.69. The number of rotatable bonds is 3. The highest BCUT2D eigenvalue weighted by atomic mass is 32.1. The monoisotopic (exact) mass is 237 g/mol. The van der Waals surface area contributed by atoms with Crippen LogP contribution in [0.25, 0.3) is 11.2 Å². The molecule has 0 fully saturated rings. The number of hydrogen-bond donors (Lipinski definition) is 1. The molecule has 1 unspecified atom stereocenters. The first-order valence-electron chi connectivity index (χ1n) is 5.19. The first-order chi connectivity index (χ1) is 7.63. The van der Waals surface area contributed by atoms with E-state index in [1.807, 2.05) is 23.8 Å². The predicted octanol–water partition coefficient (Wildman–Crippen LogP) is 2.61. The lowest BCUT2D eigenvalue weighted by atomic mass is 10.3. The van der Waals surface area contributed by atoms with Crippen molar-refractivity contribution < 1.29 is 4.74 Å². The van der Waals surface area contributed by atoms with Gasteiger partial charge in [0.05, 0.1) is 18.2 Å². The quantitative estimate of drug-likeness (QED) is 0.834. The van der Waals surface area contributed by atoms with Crippen LogP contribution in [0.15, 0.2) is 12.3 Å². The summed E-state index contributed by atoms with van der Waals surface area (Å²) in [6, 6.07) is 2.23. The Balaban J connectivity index is 2.60. The minimum absolute atomic E-state index is 0.182. The van der Waals surface area contributed by atoms with E-state index < -0.39 is 0 Å². The summed E-state index contributed by atoms with van der Waals surface area (Å²) < 4.78 is 7.83. The minimum atomic E-state index is 0.182. The van der Waals surface area contributed by atoms with Crippen molar-refractivity contribution >= 4 is 23.4 Å². The zero-order chi connectivity index (χ0) is 11.7. The van der Waals surface area contributed by atoms with Gasteiger partial charge >= 0.3 is 0 Å². The lowest BCUT2D eigenvalue weighted by Gasteiger charge is -2.12. The summed E-state index contributed by atoms with van der Waals surface area (Å²) >= 11 is 5.30. The molecule has 1 atom stereocenters. The molecule has 0 spiro atoms. The van der Waals surface area contributed by atoms with Gasteiger partial charge in [0.1, 0.15) is 0 Å². The average Bonchev–Trinajstić information content (AvgIpc) is 2.53. The van der Waals surface area contributed by atoms with Gasteiger partial charge in [0.15, 0.2) is 10.4 Å². The number of aromatic amines is 1. The van der Waals surface area contributed by atoms with Crippen molar-refractivity contribution in [3.05, 3.63) is 22.6 Å². The van der Waals surface area contributed by atoms with Crippen LogP contribution in [0.5, 0.6) is 0 Å². The van der Waals surface area contributed by atoms with Crippen LogP contribution >= 0.6 is 12.2 Å². The van der Waals surface area contributed by atoms with E-state index in [4.69, 9.17) is 17.0 Å². The van der Waals surface area contributed by atoms with Gasteiger partial charge in [-0.3, -0.25) is 4.57 Å². The Kier molecular flexibility index (Phi) is 3.07. The van der Waals surface area contributed by atoms with Crippen LogP contribution in [0.3, 0.4) is 0 Å². The third-order valence-corrected chi connectivity index (χ3v) is 2.84. The van der Waals surface area contributed by atoms with Crippen molar-refractivity contribution in [1.29, 1.82) is 0 Å². The first kappa shape index (κ1) is 11.3. The van der Waals surface area contributed by atoms with Crippen molar-refractivity contribution in [2.45, 2.75) is 19.9 Å². The third-order valence-electron chi connectivity index (χ3n) is 2.54. The number of ether oxygens (including phenoxy) is 1. The fourth-order valence-corrected chi connectivity index (χ4v) is 2.22. The molecular weight excluding hydrogens is 222 g/mol. The van der Waals surface area contributed by atoms with E-state index in [1.165, 1.54) is 0 Å². The number of nitrogens with zero attached hydrogens (tertiary/aromatic N) is 2. The Hall–Kier alpha value is -1.20. The topological polar surface area (TPSA) is 42.8 Å². The molecule has 4 nitrogen and oxygen atoms in total. The lowest BCUT2D eigenvalue weighted by Crippen LogP contribution is -2.11. The van der Waals surface area contributed by atoms with Crippen LogP contribution in [0.1, 0.15) is 18.5 Å². The van der Waals surface area contributed by atoms with Gasteiger partial charge in [0.2, 0.25) is 0 Å². The molecule has 0 aliphatic carbocycles. The molecule has 0 bridgehead atoms. The summed E-state index contributed by atoms with van der Waals surface area (Å²) in [5, 5.41) is 0. The summed E-state index contributed by atoms with van der Waals surface area (Å²) in [5.41, 5.74) is 2.99. The standard InChI is InChI=1S/C11H15N3OS/c1-7-4-9-10(12-5-7)14(11(16)13-9)8(2)6-15-3/h4-5,8H,6H2,1-3H3,(H,13,16). The largest absolute Gasteiger partial charge is 0.383 e. The molecule has 0 amide bonds. The smallest absolute Gasteiger partial charge is 0.179 e. The maximum Gasteiger partial charge on any atom is 0.179 e. The maximum absolute atomic E-state index is 5.30. The molecule has 0 saturated carbocycles. The van der Waals surface area contributed by atoms with E-state index in [0.29, 0.717) is 11.4 Å². The van der Waals surface area contributed by atoms with Crippen LogP contribution in [0.4, 0.5) is 0 Å². The Bertz CT molecular complexity index is 558. The molecule has 86 valence electrons. The second-order valence-corrected chi connectivity index (χ2v) is 4.38. The van der Waals surface area contributed by atoms with Crippen molar-refractivity contribution in [3.63, 3.8) is 0 Å². The number of aromatic nitrogens is 3. The number of fused-ring (bicyclic) bond motifs is 1. The molecule has 16 heavy (non-hydrogen) atoms. The highest BCUT2D eigenvalue weighted by Crippen LogP contribution is 2.18. The van der Waals surface area contributed by atoms with Gasteiger partial charge in [0.25, 0.3) is 0 Å². The molecule has 0 aliphatic heterocycles. The van der Waals surface area contributed by atoms with Gasteiger partial charge in [-0.05, 0) is 37.7 Å². The Morgan fingerprint density at radius 1 is 1.62 bits per heavy atom. The third kappa shape index (κ3) is 1.88. The molecule has 2 aromatic heterocycles. The van der Waals surface area contributed by atoms with Gasteiger partial charge < -0.3 is 9.72 Å². The number of aryl methyl sites for hydroxylation is 1. The van der Waals surface area contributed by atoms with Gasteiger partial charge in [-0.25, -0.2) is 4.98 Å². The number of H-pyrrole nitrogens is 1. The Morgan fingerprint density at radius 2 is 2.38 bits per heavy atom. The van der Waals surface area contributed by atoms with Crippen LogP contribution in [0, 0.1) is 11.7 Å². The zero-order valence-corrected chi connectivity index (χ0v) is 10.5. The number of hydrogen-bond acceptors (Lipinski definition) is 3. The molecule has 5 heteroatoms. The first-order valence-corrected chi connectivity index (χ1v) is 5.60. The fraction of sp³-hybridized carbons (Fsp3) is 0.455. The predicted molar refractivity (Wildman–Crippen MR) is 66.2 cm³/mol. The van der Waals surface area contributed by atoms with Gasteiger partial charge in [-0.2, -0.15) is 0 Å². The van der Waals surface area contributed by atoms with Crippen LogP contribution in [-0.4, -0.2) is 28.3 Å². The molecule has 2 heterocycles. The van der Waals surface area contributed by atoms with Gasteiger partial charge in [-0.15, -0.1) is 0 Å². The van der Waals surface area contributed by atoms with E-state index in [-0.39, 0.29) is 6.04 Å². The molecule has 2 aromatic rings. The number of methoxy groups -OCH3 is 1. The normalized spacial score (nSPS) is 13.2. The molecule has 0 aliphatic rings. The number of pyridine rings is 1. The molecule has 1 N–H and O–H groups in total. The zero-order valence-electron chi connectivity index (χ0n) is 9.65.